The third-order valence-electron chi connectivity index (χ3n) is 12.0. The summed E-state index contributed by atoms with van der Waals surface area (Å²) in [5, 5.41) is 3.13. The summed E-state index contributed by atoms with van der Waals surface area (Å²) >= 11 is 0. The number of nitrogens with zero attached hydrogens (tertiary/aromatic N) is 6. The molecular formula is C48H62IN7O7S. The van der Waals surface area contributed by atoms with Gasteiger partial charge in [0, 0.05) is 59.8 Å². The van der Waals surface area contributed by atoms with E-state index in [2.05, 4.69) is 38.8 Å². The second-order valence-electron chi connectivity index (χ2n) is 17.4. The summed E-state index contributed by atoms with van der Waals surface area (Å²) in [6.45, 7) is 11.4. The second-order valence-corrected chi connectivity index (χ2v) is 19.4. The van der Waals surface area contributed by atoms with E-state index < -0.39 is 16.3 Å². The molecule has 16 heteroatoms. The lowest BCUT2D eigenvalue weighted by molar-refractivity contribution is -0.212. The van der Waals surface area contributed by atoms with Crippen molar-refractivity contribution in [2.75, 3.05) is 56.3 Å². The fraction of sp³-hybridized carbons (Fsp3) is 0.542. The molecule has 2 aliphatic heterocycles. The average Bonchev–Trinajstić information content (AvgIpc) is 4.09. The maximum atomic E-state index is 13.0. The SMILES string of the molecule is CC.Cc1cc(C#CC2CC2)ccc1N(C)C(=O)c1cn(CC2OCC3(CC3)CO2)cn1.Cc1cc(C#CC2CC2)ccc1N(C)S(=O)(=O)/C(C=NCC1OCC2(CC2)CO1)=N/N.I. The van der Waals surface area contributed by atoms with E-state index >= 15 is 0 Å². The molecule has 2 N–H and O–H groups in total. The van der Waals surface area contributed by atoms with Crippen molar-refractivity contribution in [3.8, 4) is 23.7 Å². The molecule has 64 heavy (non-hydrogen) atoms. The van der Waals surface area contributed by atoms with Crippen molar-refractivity contribution in [3.63, 3.8) is 0 Å². The number of imidazole rings is 1. The predicted molar refractivity (Wildman–Crippen MR) is 260 cm³/mol. The number of halogens is 1. The minimum atomic E-state index is -3.98. The summed E-state index contributed by atoms with van der Waals surface area (Å²) in [6.07, 6.45) is 13.2. The minimum absolute atomic E-state index is 0. The molecule has 2 saturated heterocycles. The van der Waals surface area contributed by atoms with Crippen LogP contribution in [0.5, 0.6) is 0 Å². The van der Waals surface area contributed by atoms with E-state index in [4.69, 9.17) is 24.8 Å². The van der Waals surface area contributed by atoms with Crippen LogP contribution in [0.25, 0.3) is 0 Å². The molecule has 2 aromatic carbocycles. The van der Waals surface area contributed by atoms with Crippen molar-refractivity contribution in [1.82, 2.24) is 9.55 Å². The molecule has 0 bridgehead atoms. The van der Waals surface area contributed by atoms with Crippen LogP contribution in [0.3, 0.4) is 0 Å². The van der Waals surface area contributed by atoms with Crippen LogP contribution in [-0.2, 0) is 35.5 Å². The topological polar surface area (TPSA) is 163 Å². The van der Waals surface area contributed by atoms with Gasteiger partial charge in [0.1, 0.15) is 5.69 Å². The van der Waals surface area contributed by atoms with Crippen LogP contribution in [0.2, 0.25) is 0 Å². The molecule has 4 aliphatic carbocycles. The van der Waals surface area contributed by atoms with Crippen LogP contribution in [0.1, 0.15) is 98.0 Å². The average molecular weight is 1010 g/mol. The van der Waals surface area contributed by atoms with Gasteiger partial charge >= 0.3 is 0 Å². The van der Waals surface area contributed by atoms with Gasteiger partial charge in [-0.3, -0.25) is 14.1 Å². The van der Waals surface area contributed by atoms with Gasteiger partial charge in [0.05, 0.1) is 57.7 Å². The normalized spacial score (nSPS) is 20.5. The van der Waals surface area contributed by atoms with Gasteiger partial charge in [-0.15, -0.1) is 24.0 Å². The smallest absolute Gasteiger partial charge is 0.284 e. The number of carbonyl (C=O) groups is 1. The van der Waals surface area contributed by atoms with Gasteiger partial charge in [-0.25, -0.2) is 4.98 Å². The Bertz CT molecular complexity index is 2410. The number of carbonyl (C=O) groups excluding carboxylic acids is 1. The Morgan fingerprint density at radius 3 is 1.81 bits per heavy atom. The van der Waals surface area contributed by atoms with E-state index in [1.807, 2.05) is 62.6 Å². The zero-order chi connectivity index (χ0) is 44.8. The molecule has 1 aromatic heterocycles. The Morgan fingerprint density at radius 1 is 0.844 bits per heavy atom. The molecule has 6 aliphatic rings. The molecular weight excluding hydrogens is 946 g/mol. The summed E-state index contributed by atoms with van der Waals surface area (Å²) in [5.41, 5.74) is 5.96. The van der Waals surface area contributed by atoms with Gasteiger partial charge in [0.25, 0.3) is 15.9 Å². The Morgan fingerprint density at radius 2 is 1.34 bits per heavy atom. The number of nitrogens with two attached hydrogens (primary N) is 1. The van der Waals surface area contributed by atoms with Gasteiger partial charge in [-0.1, -0.05) is 37.5 Å². The van der Waals surface area contributed by atoms with Crippen LogP contribution < -0.4 is 15.0 Å². The van der Waals surface area contributed by atoms with Crippen molar-refractivity contribution in [2.24, 2.45) is 38.6 Å². The monoisotopic (exact) mass is 1010 g/mol. The number of aliphatic imine (C=N–C) groups is 1. The molecule has 6 fully saturated rings. The molecule has 0 atom stereocenters. The lowest BCUT2D eigenvalue weighted by Crippen LogP contribution is -2.36. The van der Waals surface area contributed by atoms with Crippen molar-refractivity contribution in [2.45, 2.75) is 98.2 Å². The Hall–Kier alpha value is -4.30. The summed E-state index contributed by atoms with van der Waals surface area (Å²) in [6, 6.07) is 11.4. The number of ether oxygens (including phenoxy) is 4. The molecule has 0 unspecified atom stereocenters. The van der Waals surface area contributed by atoms with Gasteiger partial charge in [0.15, 0.2) is 12.6 Å². The first-order chi connectivity index (χ1) is 30.3. The molecule has 344 valence electrons. The molecule has 9 rings (SSSR count). The zero-order valence-electron chi connectivity index (χ0n) is 37.8. The highest BCUT2D eigenvalue weighted by atomic mass is 127. The Kier molecular flexibility index (Phi) is 16.4. The number of hydrazone groups is 1. The van der Waals surface area contributed by atoms with Gasteiger partial charge < -0.3 is 34.3 Å². The first kappa shape index (κ1) is 49.1. The maximum absolute atomic E-state index is 13.0. The highest BCUT2D eigenvalue weighted by molar-refractivity contribution is 14.0. The van der Waals surface area contributed by atoms with Crippen LogP contribution in [0, 0.1) is 60.2 Å². The first-order valence-electron chi connectivity index (χ1n) is 22.1. The Labute approximate surface area is 395 Å². The summed E-state index contributed by atoms with van der Waals surface area (Å²) in [4.78, 5) is 23.1. The van der Waals surface area contributed by atoms with Crippen LogP contribution in [0.4, 0.5) is 11.4 Å². The number of amides is 1. The number of sulfonamides is 1. The van der Waals surface area contributed by atoms with E-state index in [-0.39, 0.29) is 58.6 Å². The van der Waals surface area contributed by atoms with E-state index in [0.29, 0.717) is 43.0 Å². The van der Waals surface area contributed by atoms with Crippen LogP contribution in [-0.4, -0.2) is 94.8 Å². The van der Waals surface area contributed by atoms with E-state index in [9.17, 15) is 13.2 Å². The fourth-order valence-corrected chi connectivity index (χ4v) is 8.18. The number of aromatic nitrogens is 2. The standard InChI is InChI=1S/C24H27N3O3.C22H28N4O4S.C2H6.HI/c1-17-11-19(6-5-18-3-4-18)7-8-21(17)26(2)23(28)20-12-27(16-25-20)13-22-29-14-24(9-10-24)15-30-22;1-16-11-18(6-5-17-3-4-17)7-8-19(16)26(2)31(27,28)20(25-23)12-24-13-21-29-14-22(9-10-22)15-30-21;1-2;/h7-8,11-12,16,18,22H,3-4,9-10,13-15H2,1-2H3;7-8,11-12,17,21H,3-4,9-10,13-15,23H2,1-2H3;1-2H3;1H/b;24-12?,25-20+;;. The lowest BCUT2D eigenvalue weighted by Gasteiger charge is -2.29. The number of hydrogen-bond donors (Lipinski definition) is 1. The van der Waals surface area contributed by atoms with Crippen LogP contribution >= 0.6 is 24.0 Å². The van der Waals surface area contributed by atoms with Crippen molar-refractivity contribution >= 4 is 62.5 Å². The van der Waals surface area contributed by atoms with Gasteiger partial charge in [-0.05, 0) is 113 Å². The largest absolute Gasteiger partial charge is 0.350 e. The molecule has 0 radical (unpaired) electrons. The number of rotatable bonds is 9. The molecule has 1 amide bonds. The van der Waals surface area contributed by atoms with Gasteiger partial charge in [-0.2, -0.15) is 13.5 Å². The number of aryl methyl sites for hydroxylation is 2. The summed E-state index contributed by atoms with van der Waals surface area (Å²) < 4.78 is 52.1. The molecule has 14 nitrogen and oxygen atoms in total. The van der Waals surface area contributed by atoms with Crippen molar-refractivity contribution in [1.29, 1.82) is 0 Å². The highest BCUT2D eigenvalue weighted by Gasteiger charge is 2.47. The van der Waals surface area contributed by atoms with E-state index in [0.717, 1.165) is 77.4 Å². The minimum Gasteiger partial charge on any atom is -0.350 e. The summed E-state index contributed by atoms with van der Waals surface area (Å²) in [7, 11) is -0.729. The first-order valence-corrected chi connectivity index (χ1v) is 23.6. The molecule has 3 heterocycles. The zero-order valence-corrected chi connectivity index (χ0v) is 41.0. The molecule has 4 saturated carbocycles. The maximum Gasteiger partial charge on any atom is 0.284 e. The van der Waals surface area contributed by atoms with Crippen molar-refractivity contribution < 1.29 is 32.2 Å². The summed E-state index contributed by atoms with van der Waals surface area (Å²) in [5.74, 6) is 19.2. The van der Waals surface area contributed by atoms with Gasteiger partial charge in [0.2, 0.25) is 5.04 Å². The molecule has 3 aromatic rings. The van der Waals surface area contributed by atoms with Crippen LogP contribution in [0.15, 0.2) is 59.0 Å². The third-order valence-corrected chi connectivity index (χ3v) is 13.7. The fourth-order valence-electron chi connectivity index (χ4n) is 7.10. The predicted octanol–water partition coefficient (Wildman–Crippen LogP) is 7.05. The Balaban J connectivity index is 0.000000202. The van der Waals surface area contributed by atoms with E-state index in [1.54, 1.807) is 30.5 Å². The van der Waals surface area contributed by atoms with Crippen molar-refractivity contribution in [3.05, 3.63) is 76.9 Å². The van der Waals surface area contributed by atoms with E-state index in [1.165, 1.54) is 32.7 Å². The number of benzene rings is 2. The highest BCUT2D eigenvalue weighted by Crippen LogP contribution is 2.49. The third kappa shape index (κ3) is 12.7. The number of hydrogen-bond acceptors (Lipinski definition) is 11. The second kappa shape index (κ2) is 21.3. The molecule has 2 spiro atoms. The lowest BCUT2D eigenvalue weighted by atomic mass is 10.1. The number of anilines is 2. The quantitative estimate of drug-likeness (QED) is 0.0592.